The summed E-state index contributed by atoms with van der Waals surface area (Å²) in [7, 11) is 0. The lowest BCUT2D eigenvalue weighted by atomic mass is 9.63. The predicted octanol–water partition coefficient (Wildman–Crippen LogP) is 2.76. The molecule has 5 aliphatic carbocycles. The lowest BCUT2D eigenvalue weighted by Gasteiger charge is -2.37. The van der Waals surface area contributed by atoms with Gasteiger partial charge in [-0.1, -0.05) is 37.1 Å². The van der Waals surface area contributed by atoms with Crippen LogP contribution in [0.25, 0.3) is 0 Å². The van der Waals surface area contributed by atoms with E-state index in [-0.39, 0.29) is 53.8 Å². The van der Waals surface area contributed by atoms with Crippen LogP contribution in [-0.2, 0) is 19.9 Å². The van der Waals surface area contributed by atoms with Crippen molar-refractivity contribution in [1.82, 2.24) is 10.2 Å². The molecule has 30 heavy (non-hydrogen) atoms. The van der Waals surface area contributed by atoms with Gasteiger partial charge in [-0.25, -0.2) is 4.39 Å². The summed E-state index contributed by atoms with van der Waals surface area (Å²) in [5.41, 5.74) is 0.329. The average molecular weight is 408 g/mol. The molecule has 1 aromatic rings. The van der Waals surface area contributed by atoms with Crippen molar-refractivity contribution >= 4 is 17.7 Å². The third kappa shape index (κ3) is 2.48. The fourth-order valence-corrected chi connectivity index (χ4v) is 6.86. The third-order valence-electron chi connectivity index (χ3n) is 8.29. The van der Waals surface area contributed by atoms with Gasteiger partial charge in [0, 0.05) is 0 Å². The molecule has 156 valence electrons. The molecule has 1 saturated heterocycles. The summed E-state index contributed by atoms with van der Waals surface area (Å²) in [5, 5.41) is 3.11. The lowest BCUT2D eigenvalue weighted by molar-refractivity contribution is -0.144. The van der Waals surface area contributed by atoms with Gasteiger partial charge in [-0.05, 0) is 60.6 Å². The van der Waals surface area contributed by atoms with Crippen molar-refractivity contribution in [1.29, 1.82) is 0 Å². The van der Waals surface area contributed by atoms with Crippen molar-refractivity contribution in [3.63, 3.8) is 0 Å². The highest BCUT2D eigenvalue weighted by Crippen LogP contribution is 2.65. The molecule has 0 unspecified atom stereocenters. The molecule has 0 spiro atoms. The molecule has 6 heteroatoms. The number of halogens is 1. The van der Waals surface area contributed by atoms with Crippen molar-refractivity contribution in [2.24, 2.45) is 35.5 Å². The molecule has 0 radical (unpaired) electrons. The Morgan fingerprint density at radius 3 is 2.13 bits per heavy atom. The van der Waals surface area contributed by atoms with E-state index in [1.807, 2.05) is 0 Å². The van der Waals surface area contributed by atoms with E-state index in [9.17, 15) is 18.8 Å². The molecular formula is C24H25FN2O3. The van der Waals surface area contributed by atoms with Crippen molar-refractivity contribution in [3.05, 3.63) is 47.8 Å². The van der Waals surface area contributed by atoms with E-state index in [0.717, 1.165) is 37.7 Å². The second-order valence-corrected chi connectivity index (χ2v) is 9.76. The quantitative estimate of drug-likeness (QED) is 0.615. The van der Waals surface area contributed by atoms with E-state index >= 15 is 0 Å². The van der Waals surface area contributed by atoms with Crippen LogP contribution in [0.3, 0.4) is 0 Å². The molecule has 7 rings (SSSR count). The van der Waals surface area contributed by atoms with E-state index in [1.165, 1.54) is 17.0 Å². The molecule has 2 bridgehead atoms. The van der Waals surface area contributed by atoms with Crippen LogP contribution in [0.2, 0.25) is 0 Å². The highest BCUT2D eigenvalue weighted by molar-refractivity contribution is 6.08. The lowest BCUT2D eigenvalue weighted by Crippen LogP contribution is -2.49. The highest BCUT2D eigenvalue weighted by atomic mass is 19.1. The van der Waals surface area contributed by atoms with Crippen LogP contribution < -0.4 is 5.32 Å². The Hall–Kier alpha value is -2.50. The first-order valence-electron chi connectivity index (χ1n) is 11.1. The molecule has 3 amide bonds. The Bertz CT molecular complexity index is 929. The van der Waals surface area contributed by atoms with Crippen molar-refractivity contribution in [3.8, 4) is 0 Å². The second-order valence-electron chi connectivity index (χ2n) is 9.76. The monoisotopic (exact) mass is 408 g/mol. The number of rotatable bonds is 4. The Balaban J connectivity index is 1.21. The van der Waals surface area contributed by atoms with E-state index in [2.05, 4.69) is 17.5 Å². The topological polar surface area (TPSA) is 66.5 Å². The molecule has 1 N–H and O–H groups in total. The van der Waals surface area contributed by atoms with Crippen LogP contribution in [0.5, 0.6) is 0 Å². The maximum Gasteiger partial charge on any atom is 0.240 e. The van der Waals surface area contributed by atoms with Crippen LogP contribution in [0.15, 0.2) is 36.4 Å². The zero-order chi connectivity index (χ0) is 20.6. The highest BCUT2D eigenvalue weighted by Gasteiger charge is 2.67. The minimum atomic E-state index is -0.550. The van der Waals surface area contributed by atoms with Gasteiger partial charge < -0.3 is 5.32 Å². The molecule has 1 heterocycles. The summed E-state index contributed by atoms with van der Waals surface area (Å²) in [6, 6.07) is 6.26. The maximum absolute atomic E-state index is 13.4. The molecule has 1 aromatic carbocycles. The first kappa shape index (κ1) is 18.3. The fraction of sp³-hybridized carbons (Fsp3) is 0.542. The van der Waals surface area contributed by atoms with Gasteiger partial charge in [0.05, 0.1) is 17.4 Å². The van der Waals surface area contributed by atoms with Gasteiger partial charge >= 0.3 is 0 Å². The van der Waals surface area contributed by atoms with Crippen LogP contribution in [-0.4, -0.2) is 29.2 Å². The zero-order valence-electron chi connectivity index (χ0n) is 16.7. The van der Waals surface area contributed by atoms with Gasteiger partial charge in [0.25, 0.3) is 0 Å². The summed E-state index contributed by atoms with van der Waals surface area (Å²) in [4.78, 5) is 40.4. The van der Waals surface area contributed by atoms with Crippen LogP contribution in [0.1, 0.15) is 37.7 Å². The number of likely N-dealkylation sites (tertiary alicyclic amines) is 1. The summed E-state index contributed by atoms with van der Waals surface area (Å²) in [6.45, 7) is -0.220. The summed E-state index contributed by atoms with van der Waals surface area (Å²) < 4.78 is 13.4. The minimum Gasteiger partial charge on any atom is -0.345 e. The van der Waals surface area contributed by atoms with Crippen LogP contribution in [0, 0.1) is 41.3 Å². The molecule has 6 atom stereocenters. The summed E-state index contributed by atoms with van der Waals surface area (Å²) in [5.74, 6) is -0.103. The summed E-state index contributed by atoms with van der Waals surface area (Å²) in [6.07, 6.45) is 8.89. The maximum atomic E-state index is 13.4. The fourth-order valence-electron chi connectivity index (χ4n) is 6.86. The number of nitrogens with zero attached hydrogens (tertiary/aromatic N) is 1. The van der Waals surface area contributed by atoms with E-state index < -0.39 is 5.54 Å². The normalized spacial score (nSPS) is 37.3. The van der Waals surface area contributed by atoms with Crippen LogP contribution >= 0.6 is 0 Å². The number of carbonyl (C=O) groups excluding carboxylic acids is 3. The first-order chi connectivity index (χ1) is 14.5. The smallest absolute Gasteiger partial charge is 0.240 e. The number of allylic oxidation sites excluding steroid dienone is 2. The van der Waals surface area contributed by atoms with Gasteiger partial charge in [-0.3, -0.25) is 19.3 Å². The number of hydrogen-bond acceptors (Lipinski definition) is 3. The zero-order valence-corrected chi connectivity index (χ0v) is 16.7. The van der Waals surface area contributed by atoms with Gasteiger partial charge in [0.15, 0.2) is 0 Å². The molecule has 3 saturated carbocycles. The van der Waals surface area contributed by atoms with E-state index in [1.54, 1.807) is 12.1 Å². The Morgan fingerprint density at radius 1 is 1.00 bits per heavy atom. The average Bonchev–Trinajstić information content (AvgIpc) is 3.39. The number of carbonyl (C=O) groups is 3. The SMILES string of the molecule is O=C(CN1C(=O)[C@@H]2[C@H]3C=C[C@H]([C@H]4C[C@H]34)[C@@H]2C1=O)NC1(c2ccc(F)cc2)CCCC1. The van der Waals surface area contributed by atoms with Gasteiger partial charge in [-0.2, -0.15) is 0 Å². The Labute approximate surface area is 174 Å². The standard InChI is InChI=1S/C24H25FN2O3/c25-14-5-3-13(4-6-14)24(9-1-2-10-24)26-19(28)12-27-22(29)20-15-7-8-16(18-11-17(15)18)21(20)23(27)30/h3-8,15-18,20-21H,1-2,9-12H2,(H,26,28)/t15-,16+,17-,18-,20+,21-/m1/s1. The summed E-state index contributed by atoms with van der Waals surface area (Å²) >= 11 is 0. The molecule has 5 nitrogen and oxygen atoms in total. The number of benzene rings is 1. The Kier molecular flexibility index (Phi) is 3.81. The number of imide groups is 1. The van der Waals surface area contributed by atoms with Gasteiger partial charge in [-0.15, -0.1) is 0 Å². The Morgan fingerprint density at radius 2 is 1.57 bits per heavy atom. The first-order valence-corrected chi connectivity index (χ1v) is 11.1. The molecule has 6 aliphatic rings. The third-order valence-corrected chi connectivity index (χ3v) is 8.29. The largest absolute Gasteiger partial charge is 0.345 e. The van der Waals surface area contributed by atoms with E-state index in [4.69, 9.17) is 0 Å². The number of amides is 3. The second kappa shape index (κ2) is 6.25. The molecule has 1 aliphatic heterocycles. The molecule has 0 aromatic heterocycles. The van der Waals surface area contributed by atoms with Crippen molar-refractivity contribution in [2.75, 3.05) is 6.54 Å². The van der Waals surface area contributed by atoms with Crippen molar-refractivity contribution in [2.45, 2.75) is 37.6 Å². The van der Waals surface area contributed by atoms with Gasteiger partial charge in [0.1, 0.15) is 12.4 Å². The predicted molar refractivity (Wildman–Crippen MR) is 106 cm³/mol. The van der Waals surface area contributed by atoms with E-state index in [0.29, 0.717) is 11.8 Å². The molecular weight excluding hydrogens is 383 g/mol. The van der Waals surface area contributed by atoms with Crippen molar-refractivity contribution < 1.29 is 18.8 Å². The number of hydrogen-bond donors (Lipinski definition) is 1. The van der Waals surface area contributed by atoms with Gasteiger partial charge in [0.2, 0.25) is 17.7 Å². The molecule has 4 fully saturated rings. The van der Waals surface area contributed by atoms with Crippen LogP contribution in [0.4, 0.5) is 4.39 Å². The number of nitrogens with one attached hydrogen (secondary N) is 1. The minimum absolute atomic E-state index is 0.162.